The molecular formula is C18H36N2O. The second-order valence-electron chi connectivity index (χ2n) is 7.78. The molecule has 0 aromatic rings. The molecule has 0 saturated heterocycles. The van der Waals surface area contributed by atoms with Crippen molar-refractivity contribution >= 4 is 0 Å². The molecule has 2 aliphatic carbocycles. The van der Waals surface area contributed by atoms with Crippen molar-refractivity contribution in [1.29, 1.82) is 0 Å². The minimum Gasteiger partial charge on any atom is -0.383 e. The molecule has 124 valence electrons. The van der Waals surface area contributed by atoms with Crippen LogP contribution in [0.4, 0.5) is 0 Å². The fraction of sp³-hybridized carbons (Fsp3) is 1.00. The second kappa shape index (κ2) is 7.94. The summed E-state index contributed by atoms with van der Waals surface area (Å²) < 4.78 is 5.36. The van der Waals surface area contributed by atoms with Crippen molar-refractivity contribution < 1.29 is 4.74 Å². The van der Waals surface area contributed by atoms with E-state index in [1.54, 1.807) is 0 Å². The third-order valence-corrected chi connectivity index (χ3v) is 5.55. The molecule has 0 aromatic carbocycles. The highest BCUT2D eigenvalue weighted by Gasteiger charge is 2.39. The van der Waals surface area contributed by atoms with Crippen LogP contribution < -0.4 is 5.32 Å². The van der Waals surface area contributed by atoms with E-state index in [0.29, 0.717) is 11.5 Å². The molecule has 3 heteroatoms. The van der Waals surface area contributed by atoms with Crippen LogP contribution in [-0.2, 0) is 4.74 Å². The van der Waals surface area contributed by atoms with Gasteiger partial charge in [-0.15, -0.1) is 0 Å². The SMILES string of the molecule is COCCN(CC1(CNC(C)C)CCCC1)C(C)C1CC1. The Morgan fingerprint density at radius 2 is 1.86 bits per heavy atom. The zero-order valence-electron chi connectivity index (χ0n) is 14.7. The molecule has 1 atom stereocenters. The summed E-state index contributed by atoms with van der Waals surface area (Å²) in [5, 5.41) is 3.72. The van der Waals surface area contributed by atoms with Crippen LogP contribution in [0.25, 0.3) is 0 Å². The number of nitrogens with one attached hydrogen (secondary N) is 1. The lowest BCUT2D eigenvalue weighted by molar-refractivity contribution is 0.0716. The largest absolute Gasteiger partial charge is 0.383 e. The summed E-state index contributed by atoms with van der Waals surface area (Å²) in [7, 11) is 1.83. The van der Waals surface area contributed by atoms with Gasteiger partial charge in [-0.3, -0.25) is 4.90 Å². The monoisotopic (exact) mass is 296 g/mol. The van der Waals surface area contributed by atoms with Crippen molar-refractivity contribution in [3.05, 3.63) is 0 Å². The molecular weight excluding hydrogens is 260 g/mol. The van der Waals surface area contributed by atoms with Crippen LogP contribution in [0.3, 0.4) is 0 Å². The summed E-state index contributed by atoms with van der Waals surface area (Å²) in [5.41, 5.74) is 0.501. The predicted octanol–water partition coefficient (Wildman–Crippen LogP) is 3.29. The lowest BCUT2D eigenvalue weighted by Crippen LogP contribution is -2.48. The molecule has 2 aliphatic rings. The Labute approximate surface area is 131 Å². The van der Waals surface area contributed by atoms with Gasteiger partial charge in [0.05, 0.1) is 6.61 Å². The third kappa shape index (κ3) is 5.22. The Bertz CT molecular complexity index is 296. The Balaban J connectivity index is 1.96. The molecule has 2 fully saturated rings. The average Bonchev–Trinajstić information content (AvgIpc) is 3.21. The van der Waals surface area contributed by atoms with E-state index in [9.17, 15) is 0 Å². The molecule has 0 radical (unpaired) electrons. The Morgan fingerprint density at radius 1 is 1.19 bits per heavy atom. The van der Waals surface area contributed by atoms with Gasteiger partial charge >= 0.3 is 0 Å². The number of nitrogens with zero attached hydrogens (tertiary/aromatic N) is 1. The standard InChI is InChI=1S/C18H36N2O/c1-15(2)19-13-18(9-5-6-10-18)14-20(11-12-21-4)16(3)17-7-8-17/h15-17,19H,5-14H2,1-4H3. The van der Waals surface area contributed by atoms with Gasteiger partial charge in [0, 0.05) is 38.8 Å². The maximum atomic E-state index is 5.36. The molecule has 0 spiro atoms. The Hall–Kier alpha value is -0.120. The summed E-state index contributed by atoms with van der Waals surface area (Å²) in [5.74, 6) is 0.943. The van der Waals surface area contributed by atoms with Crippen molar-refractivity contribution in [1.82, 2.24) is 10.2 Å². The van der Waals surface area contributed by atoms with E-state index < -0.39 is 0 Å². The molecule has 0 aliphatic heterocycles. The summed E-state index contributed by atoms with van der Waals surface area (Å²) in [4.78, 5) is 2.73. The van der Waals surface area contributed by atoms with Gasteiger partial charge in [0.15, 0.2) is 0 Å². The number of hydrogen-bond donors (Lipinski definition) is 1. The summed E-state index contributed by atoms with van der Waals surface area (Å²) >= 11 is 0. The number of ether oxygens (including phenoxy) is 1. The molecule has 1 N–H and O–H groups in total. The highest BCUT2D eigenvalue weighted by molar-refractivity contribution is 4.93. The average molecular weight is 296 g/mol. The van der Waals surface area contributed by atoms with Crippen LogP contribution in [0.15, 0.2) is 0 Å². The molecule has 1 unspecified atom stereocenters. The quantitative estimate of drug-likeness (QED) is 0.669. The van der Waals surface area contributed by atoms with Crippen LogP contribution in [0, 0.1) is 11.3 Å². The first-order valence-electron chi connectivity index (χ1n) is 9.03. The van der Waals surface area contributed by atoms with E-state index in [1.165, 1.54) is 51.6 Å². The summed E-state index contributed by atoms with van der Waals surface area (Å²) in [6.45, 7) is 11.4. The molecule has 0 aromatic heterocycles. The van der Waals surface area contributed by atoms with Crippen LogP contribution in [-0.4, -0.2) is 50.3 Å². The van der Waals surface area contributed by atoms with Crippen LogP contribution in [0.2, 0.25) is 0 Å². The smallest absolute Gasteiger partial charge is 0.0589 e. The first-order valence-corrected chi connectivity index (χ1v) is 9.03. The first-order chi connectivity index (χ1) is 10.1. The summed E-state index contributed by atoms with van der Waals surface area (Å²) in [6, 6.07) is 1.33. The van der Waals surface area contributed by atoms with Crippen LogP contribution >= 0.6 is 0 Å². The predicted molar refractivity (Wildman–Crippen MR) is 89.7 cm³/mol. The Kier molecular flexibility index (Phi) is 6.51. The fourth-order valence-electron chi connectivity index (χ4n) is 3.88. The van der Waals surface area contributed by atoms with Gasteiger partial charge in [-0.05, 0) is 43.9 Å². The van der Waals surface area contributed by atoms with Crippen LogP contribution in [0.1, 0.15) is 59.3 Å². The Morgan fingerprint density at radius 3 is 2.38 bits per heavy atom. The van der Waals surface area contributed by atoms with E-state index in [1.807, 2.05) is 7.11 Å². The number of hydrogen-bond acceptors (Lipinski definition) is 3. The minimum absolute atomic E-state index is 0.501. The molecule has 2 saturated carbocycles. The van der Waals surface area contributed by atoms with Crippen molar-refractivity contribution in [3.63, 3.8) is 0 Å². The van der Waals surface area contributed by atoms with Crippen LogP contribution in [0.5, 0.6) is 0 Å². The molecule has 21 heavy (non-hydrogen) atoms. The lowest BCUT2D eigenvalue weighted by atomic mass is 9.84. The van der Waals surface area contributed by atoms with Crippen molar-refractivity contribution in [2.75, 3.05) is 33.4 Å². The first kappa shape index (κ1) is 17.2. The van der Waals surface area contributed by atoms with E-state index in [2.05, 4.69) is 31.0 Å². The molecule has 0 amide bonds. The maximum Gasteiger partial charge on any atom is 0.0589 e. The number of methoxy groups -OCH3 is 1. The van der Waals surface area contributed by atoms with Crippen molar-refractivity contribution in [3.8, 4) is 0 Å². The maximum absolute atomic E-state index is 5.36. The molecule has 0 bridgehead atoms. The fourth-order valence-corrected chi connectivity index (χ4v) is 3.88. The number of rotatable bonds is 10. The van der Waals surface area contributed by atoms with Gasteiger partial charge in [-0.1, -0.05) is 26.7 Å². The second-order valence-corrected chi connectivity index (χ2v) is 7.78. The molecule has 2 rings (SSSR count). The third-order valence-electron chi connectivity index (χ3n) is 5.55. The zero-order valence-corrected chi connectivity index (χ0v) is 14.7. The van der Waals surface area contributed by atoms with E-state index in [0.717, 1.165) is 25.1 Å². The van der Waals surface area contributed by atoms with Crippen molar-refractivity contribution in [2.24, 2.45) is 11.3 Å². The zero-order chi connectivity index (χ0) is 15.3. The topological polar surface area (TPSA) is 24.5 Å². The van der Waals surface area contributed by atoms with Gasteiger partial charge in [-0.2, -0.15) is 0 Å². The van der Waals surface area contributed by atoms with E-state index >= 15 is 0 Å². The highest BCUT2D eigenvalue weighted by atomic mass is 16.5. The van der Waals surface area contributed by atoms with Gasteiger partial charge in [-0.25, -0.2) is 0 Å². The van der Waals surface area contributed by atoms with Gasteiger partial charge in [0.2, 0.25) is 0 Å². The van der Waals surface area contributed by atoms with E-state index in [-0.39, 0.29) is 0 Å². The molecule has 3 nitrogen and oxygen atoms in total. The molecule has 0 heterocycles. The minimum atomic E-state index is 0.501. The van der Waals surface area contributed by atoms with E-state index in [4.69, 9.17) is 4.74 Å². The van der Waals surface area contributed by atoms with Gasteiger partial charge in [0.25, 0.3) is 0 Å². The van der Waals surface area contributed by atoms with Gasteiger partial charge in [0.1, 0.15) is 0 Å². The van der Waals surface area contributed by atoms with Gasteiger partial charge < -0.3 is 10.1 Å². The normalized spacial score (nSPS) is 23.1. The van der Waals surface area contributed by atoms with Crippen molar-refractivity contribution in [2.45, 2.75) is 71.4 Å². The highest BCUT2D eigenvalue weighted by Crippen LogP contribution is 2.41. The summed E-state index contributed by atoms with van der Waals surface area (Å²) in [6.07, 6.45) is 8.48. The lowest BCUT2D eigenvalue weighted by Gasteiger charge is -2.39.